The van der Waals surface area contributed by atoms with Gasteiger partial charge >= 0.3 is 0 Å². The molecule has 0 radical (unpaired) electrons. The fraction of sp³-hybridized carbons (Fsp3) is 0.471. The number of carbonyl (C=O) groups is 1. The van der Waals surface area contributed by atoms with E-state index in [1.165, 1.54) is 6.42 Å². The molecule has 1 heterocycles. The molecule has 0 unspecified atom stereocenters. The Morgan fingerprint density at radius 1 is 1.23 bits per heavy atom. The minimum absolute atomic E-state index is 0.233. The topological polar surface area (TPSA) is 80.9 Å². The monoisotopic (exact) mass is 298 g/mol. The summed E-state index contributed by atoms with van der Waals surface area (Å²) in [5.74, 6) is 1.16. The number of fused-ring (bicyclic) bond motifs is 1. The van der Waals surface area contributed by atoms with Crippen LogP contribution in [0.4, 0.5) is 11.8 Å². The molecule has 0 saturated heterocycles. The Morgan fingerprint density at radius 3 is 2.68 bits per heavy atom. The van der Waals surface area contributed by atoms with Gasteiger partial charge in [-0.25, -0.2) is 4.98 Å². The summed E-state index contributed by atoms with van der Waals surface area (Å²) in [5.41, 5.74) is 6.13. The van der Waals surface area contributed by atoms with Crippen molar-refractivity contribution in [3.8, 4) is 0 Å². The average Bonchev–Trinajstić information content (AvgIpc) is 2.54. The zero-order valence-electron chi connectivity index (χ0n) is 12.9. The Balaban J connectivity index is 2.04. The quantitative estimate of drug-likeness (QED) is 0.905. The third kappa shape index (κ3) is 2.63. The third-order valence-electron chi connectivity index (χ3n) is 4.54. The molecule has 5 nitrogen and oxygen atoms in total. The van der Waals surface area contributed by atoms with Crippen LogP contribution in [-0.4, -0.2) is 21.3 Å². The normalized spacial score (nSPS) is 17.3. The lowest BCUT2D eigenvalue weighted by Gasteiger charge is -2.37. The predicted octanol–water partition coefficient (Wildman–Crippen LogP) is 3.31. The largest absolute Gasteiger partial charge is 0.368 e. The zero-order valence-corrected chi connectivity index (χ0v) is 12.9. The number of nitrogens with zero attached hydrogens (tertiary/aromatic N) is 2. The van der Waals surface area contributed by atoms with Gasteiger partial charge in [-0.15, -0.1) is 0 Å². The number of nitrogens with two attached hydrogens (primary N) is 1. The van der Waals surface area contributed by atoms with Crippen molar-refractivity contribution in [2.24, 2.45) is 0 Å². The highest BCUT2D eigenvalue weighted by atomic mass is 16.1. The van der Waals surface area contributed by atoms with Crippen LogP contribution in [0, 0.1) is 0 Å². The van der Waals surface area contributed by atoms with E-state index in [0.29, 0.717) is 12.2 Å². The number of hydrogen-bond donors (Lipinski definition) is 2. The summed E-state index contributed by atoms with van der Waals surface area (Å²) in [6.07, 6.45) is 5.57. The van der Waals surface area contributed by atoms with Crippen LogP contribution in [0.3, 0.4) is 0 Å². The molecule has 5 heteroatoms. The number of ketones is 1. The Hall–Kier alpha value is -2.17. The summed E-state index contributed by atoms with van der Waals surface area (Å²) < 4.78 is 0. The van der Waals surface area contributed by atoms with Crippen LogP contribution in [-0.2, 0) is 4.79 Å². The predicted molar refractivity (Wildman–Crippen MR) is 88.7 cm³/mol. The molecule has 1 fully saturated rings. The van der Waals surface area contributed by atoms with Gasteiger partial charge in [0.15, 0.2) is 5.78 Å². The van der Waals surface area contributed by atoms with E-state index in [1.807, 2.05) is 31.2 Å². The molecular weight excluding hydrogens is 276 g/mol. The molecule has 3 N–H and O–H groups in total. The van der Waals surface area contributed by atoms with Gasteiger partial charge in [0.25, 0.3) is 0 Å². The summed E-state index contributed by atoms with van der Waals surface area (Å²) in [4.78, 5) is 21.2. The maximum Gasteiger partial charge on any atom is 0.222 e. The summed E-state index contributed by atoms with van der Waals surface area (Å²) in [5, 5.41) is 4.36. The number of anilines is 2. The molecule has 22 heavy (non-hydrogen) atoms. The summed E-state index contributed by atoms with van der Waals surface area (Å²) in [7, 11) is 0. The molecule has 1 aliphatic carbocycles. The van der Waals surface area contributed by atoms with Gasteiger partial charge in [0, 0.05) is 11.8 Å². The average molecular weight is 298 g/mol. The number of rotatable bonds is 4. The summed E-state index contributed by atoms with van der Waals surface area (Å²) >= 11 is 0. The molecule has 3 rings (SSSR count). The molecule has 0 bridgehead atoms. The number of para-hydroxylation sites is 1. The van der Waals surface area contributed by atoms with Gasteiger partial charge in [-0.2, -0.15) is 4.98 Å². The van der Waals surface area contributed by atoms with Crippen LogP contribution in [0.2, 0.25) is 0 Å². The minimum Gasteiger partial charge on any atom is -0.368 e. The van der Waals surface area contributed by atoms with E-state index < -0.39 is 5.54 Å². The van der Waals surface area contributed by atoms with Gasteiger partial charge in [-0.3, -0.25) is 4.79 Å². The first-order valence-corrected chi connectivity index (χ1v) is 7.98. The Morgan fingerprint density at radius 2 is 1.95 bits per heavy atom. The van der Waals surface area contributed by atoms with Crippen molar-refractivity contribution in [2.75, 3.05) is 11.1 Å². The van der Waals surface area contributed by atoms with Crippen molar-refractivity contribution in [3.05, 3.63) is 24.3 Å². The summed E-state index contributed by atoms with van der Waals surface area (Å²) in [6.45, 7) is 1.92. The first-order valence-electron chi connectivity index (χ1n) is 7.98. The number of carbonyl (C=O) groups excluding carboxylic acids is 1. The fourth-order valence-corrected chi connectivity index (χ4v) is 3.38. The molecule has 1 aliphatic rings. The van der Waals surface area contributed by atoms with Crippen LogP contribution in [0.1, 0.15) is 45.4 Å². The number of benzene rings is 1. The molecule has 1 aromatic heterocycles. The van der Waals surface area contributed by atoms with Gasteiger partial charge in [-0.1, -0.05) is 38.3 Å². The summed E-state index contributed by atoms with van der Waals surface area (Å²) in [6, 6.07) is 7.74. The Labute approximate surface area is 130 Å². The molecule has 2 aromatic rings. The van der Waals surface area contributed by atoms with E-state index in [0.717, 1.165) is 36.6 Å². The van der Waals surface area contributed by atoms with Crippen LogP contribution in [0.5, 0.6) is 0 Å². The molecular formula is C17H22N4O. The van der Waals surface area contributed by atoms with E-state index in [2.05, 4.69) is 15.3 Å². The highest BCUT2D eigenvalue weighted by molar-refractivity contribution is 5.95. The second-order valence-corrected chi connectivity index (χ2v) is 5.99. The number of Topliss-reactive ketones (excluding diaryl/α,β-unsaturated/α-hetero) is 1. The Bertz CT molecular complexity index is 692. The van der Waals surface area contributed by atoms with Crippen LogP contribution < -0.4 is 11.1 Å². The highest BCUT2D eigenvalue weighted by Gasteiger charge is 2.38. The minimum atomic E-state index is -0.503. The second kappa shape index (κ2) is 5.91. The van der Waals surface area contributed by atoms with Crippen molar-refractivity contribution in [2.45, 2.75) is 51.0 Å². The molecule has 0 amide bonds. The van der Waals surface area contributed by atoms with Gasteiger partial charge in [-0.05, 0) is 25.0 Å². The molecule has 0 atom stereocenters. The number of hydrogen-bond acceptors (Lipinski definition) is 5. The lowest BCUT2D eigenvalue weighted by molar-refractivity contribution is -0.124. The van der Waals surface area contributed by atoms with Crippen molar-refractivity contribution < 1.29 is 4.79 Å². The van der Waals surface area contributed by atoms with Crippen LogP contribution in [0.25, 0.3) is 10.9 Å². The third-order valence-corrected chi connectivity index (χ3v) is 4.54. The lowest BCUT2D eigenvalue weighted by atomic mass is 9.77. The highest BCUT2D eigenvalue weighted by Crippen LogP contribution is 2.34. The standard InChI is InChI=1S/C17H22N4O/c1-2-14(22)17(10-6-3-7-11-17)21-15-12-8-4-5-9-13(12)19-16(18)20-15/h4-5,8-9H,2-3,6-7,10-11H2,1H3,(H3,18,19,20,21). The van der Waals surface area contributed by atoms with E-state index in [4.69, 9.17) is 5.73 Å². The molecule has 0 spiro atoms. The fourth-order valence-electron chi connectivity index (χ4n) is 3.38. The first-order chi connectivity index (χ1) is 10.6. The molecule has 116 valence electrons. The van der Waals surface area contributed by atoms with Crippen molar-refractivity contribution in [3.63, 3.8) is 0 Å². The van der Waals surface area contributed by atoms with Gasteiger partial charge in [0.1, 0.15) is 5.82 Å². The SMILES string of the molecule is CCC(=O)C1(Nc2nc(N)nc3ccccc23)CCCCC1. The second-order valence-electron chi connectivity index (χ2n) is 5.99. The zero-order chi connectivity index (χ0) is 15.6. The lowest BCUT2D eigenvalue weighted by Crippen LogP contribution is -2.48. The van der Waals surface area contributed by atoms with Crippen LogP contribution in [0.15, 0.2) is 24.3 Å². The molecule has 1 aromatic carbocycles. The first kappa shape index (κ1) is 14.8. The molecule has 0 aliphatic heterocycles. The van der Waals surface area contributed by atoms with Crippen molar-refractivity contribution >= 4 is 28.5 Å². The number of nitrogen functional groups attached to an aromatic ring is 1. The van der Waals surface area contributed by atoms with E-state index >= 15 is 0 Å². The van der Waals surface area contributed by atoms with E-state index in [9.17, 15) is 4.79 Å². The number of aromatic nitrogens is 2. The number of nitrogens with one attached hydrogen (secondary N) is 1. The van der Waals surface area contributed by atoms with Crippen molar-refractivity contribution in [1.29, 1.82) is 0 Å². The van der Waals surface area contributed by atoms with E-state index in [-0.39, 0.29) is 11.7 Å². The smallest absolute Gasteiger partial charge is 0.222 e. The van der Waals surface area contributed by atoms with E-state index in [1.54, 1.807) is 0 Å². The van der Waals surface area contributed by atoms with Gasteiger partial charge in [0.05, 0.1) is 11.1 Å². The molecule has 1 saturated carbocycles. The van der Waals surface area contributed by atoms with Crippen LogP contribution >= 0.6 is 0 Å². The van der Waals surface area contributed by atoms with Gasteiger partial charge in [0.2, 0.25) is 5.95 Å². The van der Waals surface area contributed by atoms with Crippen molar-refractivity contribution in [1.82, 2.24) is 9.97 Å². The Kier molecular flexibility index (Phi) is 3.96. The van der Waals surface area contributed by atoms with Gasteiger partial charge < -0.3 is 11.1 Å². The maximum absolute atomic E-state index is 12.6. The maximum atomic E-state index is 12.6.